The maximum atomic E-state index is 6.48. The molecular formula is C60H39NO. The van der Waals surface area contributed by atoms with Gasteiger partial charge >= 0.3 is 0 Å². The van der Waals surface area contributed by atoms with E-state index in [1.54, 1.807) is 0 Å². The summed E-state index contributed by atoms with van der Waals surface area (Å²) in [5.41, 5.74) is 14.4. The molecule has 0 aliphatic rings. The zero-order valence-electron chi connectivity index (χ0n) is 33.9. The first-order valence-corrected chi connectivity index (χ1v) is 21.2. The van der Waals surface area contributed by atoms with Gasteiger partial charge in [-0.15, -0.1) is 0 Å². The van der Waals surface area contributed by atoms with Crippen LogP contribution in [0.25, 0.3) is 98.8 Å². The predicted octanol–water partition coefficient (Wildman–Crippen LogP) is 17.2. The second kappa shape index (κ2) is 14.8. The lowest BCUT2D eigenvalue weighted by Gasteiger charge is -2.26. The molecular weight excluding hydrogens is 751 g/mol. The summed E-state index contributed by atoms with van der Waals surface area (Å²) in [7, 11) is 0. The summed E-state index contributed by atoms with van der Waals surface area (Å²) in [4.78, 5) is 2.36. The molecule has 11 aromatic carbocycles. The number of fused-ring (bicyclic) bond motifs is 7. The van der Waals surface area contributed by atoms with Crippen LogP contribution in [-0.4, -0.2) is 0 Å². The van der Waals surface area contributed by atoms with Crippen molar-refractivity contribution in [3.8, 4) is 44.5 Å². The molecule has 62 heavy (non-hydrogen) atoms. The van der Waals surface area contributed by atoms with E-state index in [-0.39, 0.29) is 0 Å². The zero-order valence-corrected chi connectivity index (χ0v) is 33.9. The molecule has 0 unspecified atom stereocenters. The first-order valence-electron chi connectivity index (χ1n) is 21.2. The molecule has 1 aromatic heterocycles. The molecule has 0 bridgehead atoms. The number of para-hydroxylation sites is 1. The smallest absolute Gasteiger partial charge is 0.137 e. The van der Waals surface area contributed by atoms with E-state index >= 15 is 0 Å². The Hall–Kier alpha value is -8.20. The van der Waals surface area contributed by atoms with Crippen LogP contribution >= 0.6 is 0 Å². The van der Waals surface area contributed by atoms with E-state index in [9.17, 15) is 0 Å². The van der Waals surface area contributed by atoms with Crippen molar-refractivity contribution < 1.29 is 4.42 Å². The minimum atomic E-state index is 0.861. The lowest BCUT2D eigenvalue weighted by atomic mass is 9.84. The lowest BCUT2D eigenvalue weighted by molar-refractivity contribution is 0.669. The molecule has 0 amide bonds. The quantitative estimate of drug-likeness (QED) is 0.150. The molecule has 0 fully saturated rings. The van der Waals surface area contributed by atoms with Crippen LogP contribution in [0.3, 0.4) is 0 Å². The van der Waals surface area contributed by atoms with Crippen molar-refractivity contribution in [2.45, 2.75) is 0 Å². The maximum Gasteiger partial charge on any atom is 0.137 e. The minimum Gasteiger partial charge on any atom is -0.456 e. The van der Waals surface area contributed by atoms with Crippen LogP contribution in [0.15, 0.2) is 241 Å². The zero-order chi connectivity index (χ0) is 41.0. The Morgan fingerprint density at radius 2 is 0.726 bits per heavy atom. The Morgan fingerprint density at radius 3 is 1.45 bits per heavy atom. The van der Waals surface area contributed by atoms with Crippen LogP contribution < -0.4 is 4.90 Å². The molecule has 2 heteroatoms. The van der Waals surface area contributed by atoms with Crippen LogP contribution in [-0.2, 0) is 0 Å². The van der Waals surface area contributed by atoms with E-state index in [0.717, 1.165) is 55.7 Å². The standard InChI is InChI=1S/C60H39NO/c1-3-16-41(17-4-1)59-55-27-10-9-25-51(55)52-33-31-47(38-56(52)60(59)42-18-5-2-6-19-42)45-22-14-24-49(37-45)61(50-32-34-54-53-26-11-12-28-57(53)62-58(54)39-50)48-23-13-21-44(36-48)46-30-29-40-15-7-8-20-43(40)35-46/h1-39H. The van der Waals surface area contributed by atoms with Gasteiger partial charge in [-0.2, -0.15) is 0 Å². The van der Waals surface area contributed by atoms with Crippen molar-refractivity contribution in [1.82, 2.24) is 0 Å². The van der Waals surface area contributed by atoms with Crippen molar-refractivity contribution in [1.29, 1.82) is 0 Å². The monoisotopic (exact) mass is 789 g/mol. The van der Waals surface area contributed by atoms with Gasteiger partial charge < -0.3 is 9.32 Å². The first kappa shape index (κ1) is 35.7. The van der Waals surface area contributed by atoms with E-state index in [1.165, 1.54) is 60.1 Å². The van der Waals surface area contributed by atoms with Gasteiger partial charge in [-0.25, -0.2) is 0 Å². The Labute approximate surface area is 360 Å². The van der Waals surface area contributed by atoms with E-state index in [2.05, 4.69) is 229 Å². The highest BCUT2D eigenvalue weighted by molar-refractivity contribution is 6.22. The summed E-state index contributed by atoms with van der Waals surface area (Å²) < 4.78 is 6.48. The van der Waals surface area contributed by atoms with Crippen LogP contribution in [0, 0.1) is 0 Å². The Bertz CT molecular complexity index is 3640. The third-order valence-electron chi connectivity index (χ3n) is 12.4. The normalized spacial score (nSPS) is 11.5. The van der Waals surface area contributed by atoms with Crippen molar-refractivity contribution in [3.05, 3.63) is 237 Å². The third kappa shape index (κ3) is 6.12. The number of nitrogens with zero attached hydrogens (tertiary/aromatic N) is 1. The molecule has 0 atom stereocenters. The summed E-state index contributed by atoms with van der Waals surface area (Å²) in [6.45, 7) is 0. The highest BCUT2D eigenvalue weighted by Crippen LogP contribution is 2.46. The van der Waals surface area contributed by atoms with Crippen molar-refractivity contribution in [2.75, 3.05) is 4.90 Å². The fourth-order valence-electron chi connectivity index (χ4n) is 9.50. The number of rotatable bonds is 7. The third-order valence-corrected chi connectivity index (χ3v) is 12.4. The highest BCUT2D eigenvalue weighted by Gasteiger charge is 2.20. The molecule has 0 aliphatic heterocycles. The van der Waals surface area contributed by atoms with Crippen molar-refractivity contribution >= 4 is 71.3 Å². The SMILES string of the molecule is c1ccc(-c2c(-c3ccccc3)c3cc(-c4cccc(N(c5cccc(-c6ccc7ccccc7c6)c5)c5ccc6c(c5)oc5ccccc56)c4)ccc3c3ccccc23)cc1. The van der Waals surface area contributed by atoms with Gasteiger partial charge in [0.1, 0.15) is 11.2 Å². The van der Waals surface area contributed by atoms with Crippen LogP contribution in [0.1, 0.15) is 0 Å². The molecule has 0 N–H and O–H groups in total. The van der Waals surface area contributed by atoms with Gasteiger partial charge in [-0.3, -0.25) is 0 Å². The van der Waals surface area contributed by atoms with E-state index in [0.29, 0.717) is 0 Å². The van der Waals surface area contributed by atoms with Gasteiger partial charge in [0, 0.05) is 33.9 Å². The molecule has 0 saturated heterocycles. The fourth-order valence-corrected chi connectivity index (χ4v) is 9.50. The minimum absolute atomic E-state index is 0.861. The van der Waals surface area contributed by atoms with E-state index in [4.69, 9.17) is 4.42 Å². The second-order valence-corrected chi connectivity index (χ2v) is 16.1. The van der Waals surface area contributed by atoms with E-state index in [1.807, 2.05) is 12.1 Å². The number of hydrogen-bond acceptors (Lipinski definition) is 2. The summed E-state index contributed by atoms with van der Waals surface area (Å²) in [6, 6.07) is 85.6. The Morgan fingerprint density at radius 1 is 0.242 bits per heavy atom. The summed E-state index contributed by atoms with van der Waals surface area (Å²) in [6.07, 6.45) is 0. The average Bonchev–Trinajstić information content (AvgIpc) is 3.72. The molecule has 0 radical (unpaired) electrons. The van der Waals surface area contributed by atoms with Crippen LogP contribution in [0.4, 0.5) is 17.1 Å². The van der Waals surface area contributed by atoms with Crippen LogP contribution in [0.2, 0.25) is 0 Å². The number of benzene rings is 11. The first-order chi connectivity index (χ1) is 30.7. The highest BCUT2D eigenvalue weighted by atomic mass is 16.3. The molecule has 12 rings (SSSR count). The predicted molar refractivity (Wildman–Crippen MR) is 263 cm³/mol. The summed E-state index contributed by atoms with van der Waals surface area (Å²) >= 11 is 0. The summed E-state index contributed by atoms with van der Waals surface area (Å²) in [5, 5.41) is 9.66. The van der Waals surface area contributed by atoms with Crippen molar-refractivity contribution in [2.24, 2.45) is 0 Å². The topological polar surface area (TPSA) is 16.4 Å². The largest absolute Gasteiger partial charge is 0.456 e. The second-order valence-electron chi connectivity index (χ2n) is 16.1. The Balaban J connectivity index is 1.05. The van der Waals surface area contributed by atoms with Crippen LogP contribution in [0.5, 0.6) is 0 Å². The number of furan rings is 1. The molecule has 0 saturated carbocycles. The van der Waals surface area contributed by atoms with Crippen molar-refractivity contribution in [3.63, 3.8) is 0 Å². The molecule has 1 heterocycles. The average molecular weight is 790 g/mol. The Kier molecular flexibility index (Phi) is 8.53. The van der Waals surface area contributed by atoms with Gasteiger partial charge in [0.2, 0.25) is 0 Å². The van der Waals surface area contributed by atoms with Gasteiger partial charge in [0.05, 0.1) is 0 Å². The molecule has 290 valence electrons. The van der Waals surface area contributed by atoms with Gasteiger partial charge in [0.25, 0.3) is 0 Å². The lowest BCUT2D eigenvalue weighted by Crippen LogP contribution is -2.10. The number of anilines is 3. The molecule has 2 nitrogen and oxygen atoms in total. The van der Waals surface area contributed by atoms with Gasteiger partial charge in [0.15, 0.2) is 0 Å². The van der Waals surface area contributed by atoms with E-state index < -0.39 is 0 Å². The summed E-state index contributed by atoms with van der Waals surface area (Å²) in [5.74, 6) is 0. The van der Waals surface area contributed by atoms with Gasteiger partial charge in [-0.05, 0) is 131 Å². The molecule has 0 aliphatic carbocycles. The fraction of sp³-hybridized carbons (Fsp3) is 0. The maximum absolute atomic E-state index is 6.48. The number of hydrogen-bond donors (Lipinski definition) is 0. The van der Waals surface area contributed by atoms with Gasteiger partial charge in [-0.1, -0.05) is 176 Å². The molecule has 0 spiro atoms. The molecule has 12 aromatic rings.